The van der Waals surface area contributed by atoms with Crippen LogP contribution in [0.2, 0.25) is 5.02 Å². The number of aryl methyl sites for hydroxylation is 2. The molecule has 0 saturated heterocycles. The van der Waals surface area contributed by atoms with E-state index in [0.29, 0.717) is 23.6 Å². The van der Waals surface area contributed by atoms with Crippen molar-refractivity contribution >= 4 is 11.6 Å². The van der Waals surface area contributed by atoms with Gasteiger partial charge in [0, 0.05) is 16.8 Å². The summed E-state index contributed by atoms with van der Waals surface area (Å²) >= 11 is 6.02. The van der Waals surface area contributed by atoms with Crippen molar-refractivity contribution < 1.29 is 0 Å². The molecular weight excluding hydrogens is 240 g/mol. The lowest BCUT2D eigenvalue weighted by Crippen LogP contribution is -2.27. The van der Waals surface area contributed by atoms with Crippen LogP contribution in [-0.2, 0) is 12.8 Å². The van der Waals surface area contributed by atoms with E-state index in [9.17, 15) is 9.59 Å². The maximum absolute atomic E-state index is 11.1. The van der Waals surface area contributed by atoms with Crippen molar-refractivity contribution in [2.24, 2.45) is 0 Å². The molecule has 0 unspecified atom stereocenters. The first kappa shape index (κ1) is 11.7. The molecule has 0 aliphatic heterocycles. The number of aromatic nitrogens is 2. The predicted molar refractivity (Wildman–Crippen MR) is 66.5 cm³/mol. The molecule has 0 bridgehead atoms. The highest BCUT2D eigenvalue weighted by Crippen LogP contribution is 2.16. The first-order valence-electron chi connectivity index (χ1n) is 5.21. The van der Waals surface area contributed by atoms with E-state index in [2.05, 4.69) is 10.2 Å². The van der Waals surface area contributed by atoms with Crippen LogP contribution in [0.5, 0.6) is 0 Å². The van der Waals surface area contributed by atoms with E-state index in [-0.39, 0.29) is 0 Å². The van der Waals surface area contributed by atoms with Crippen LogP contribution in [0.1, 0.15) is 11.3 Å². The average molecular weight is 251 g/mol. The van der Waals surface area contributed by atoms with Gasteiger partial charge in [-0.2, -0.15) is 0 Å². The van der Waals surface area contributed by atoms with Gasteiger partial charge in [0.05, 0.1) is 0 Å². The third-order valence-corrected chi connectivity index (χ3v) is 2.86. The molecule has 2 aromatic rings. The van der Waals surface area contributed by atoms with E-state index in [0.717, 1.165) is 5.56 Å². The fourth-order valence-corrected chi connectivity index (χ4v) is 1.79. The summed E-state index contributed by atoms with van der Waals surface area (Å²) in [7, 11) is 0. The van der Waals surface area contributed by atoms with Gasteiger partial charge < -0.3 is 5.10 Å². The first-order valence-corrected chi connectivity index (χ1v) is 5.59. The van der Waals surface area contributed by atoms with Crippen LogP contribution in [0.25, 0.3) is 0 Å². The van der Waals surface area contributed by atoms with Crippen molar-refractivity contribution in [2.45, 2.75) is 12.8 Å². The van der Waals surface area contributed by atoms with Crippen LogP contribution in [0, 0.1) is 0 Å². The highest BCUT2D eigenvalue weighted by Gasteiger charge is 2.02. The quantitative estimate of drug-likeness (QED) is 0.811. The molecule has 0 atom stereocenters. The Labute approximate surface area is 102 Å². The molecule has 1 aromatic carbocycles. The summed E-state index contributed by atoms with van der Waals surface area (Å²) in [6, 6.07) is 8.86. The standard InChI is InChI=1S/C12H11ClN2O2/c13-10-4-2-1-3-8(10)5-6-9-7-11(16)12(17)15-14-9/h1-4,7H,5-6H2,(H,14,16)(H,15,17). The topological polar surface area (TPSA) is 65.7 Å². The zero-order chi connectivity index (χ0) is 12.3. The summed E-state index contributed by atoms with van der Waals surface area (Å²) in [6.45, 7) is 0. The Hall–Kier alpha value is -1.81. The van der Waals surface area contributed by atoms with Gasteiger partial charge in [0.15, 0.2) is 0 Å². The number of rotatable bonds is 3. The lowest BCUT2D eigenvalue weighted by atomic mass is 10.1. The molecule has 0 saturated carbocycles. The number of halogens is 1. The molecule has 0 amide bonds. The number of nitrogens with one attached hydrogen (secondary N) is 2. The number of H-pyrrole nitrogens is 2. The Morgan fingerprint density at radius 2 is 1.82 bits per heavy atom. The third-order valence-electron chi connectivity index (χ3n) is 2.49. The van der Waals surface area contributed by atoms with E-state index in [1.54, 1.807) is 0 Å². The van der Waals surface area contributed by atoms with Crippen LogP contribution < -0.4 is 11.0 Å². The van der Waals surface area contributed by atoms with Gasteiger partial charge in [-0.05, 0) is 24.5 Å². The highest BCUT2D eigenvalue weighted by molar-refractivity contribution is 6.31. The zero-order valence-electron chi connectivity index (χ0n) is 9.00. The molecule has 0 radical (unpaired) electrons. The van der Waals surface area contributed by atoms with E-state index in [4.69, 9.17) is 11.6 Å². The lowest BCUT2D eigenvalue weighted by Gasteiger charge is -2.03. The number of hydrogen-bond acceptors (Lipinski definition) is 2. The smallest absolute Gasteiger partial charge is 0.302 e. The maximum atomic E-state index is 11.1. The molecule has 2 rings (SSSR count). The molecule has 1 aromatic heterocycles. The third kappa shape index (κ3) is 2.85. The van der Waals surface area contributed by atoms with Crippen molar-refractivity contribution in [3.8, 4) is 0 Å². The van der Waals surface area contributed by atoms with Crippen LogP contribution in [0.4, 0.5) is 0 Å². The van der Waals surface area contributed by atoms with Gasteiger partial charge in [-0.25, -0.2) is 0 Å². The predicted octanol–water partition coefficient (Wildman–Crippen LogP) is 1.50. The Morgan fingerprint density at radius 1 is 1.06 bits per heavy atom. The van der Waals surface area contributed by atoms with Gasteiger partial charge in [-0.3, -0.25) is 14.7 Å². The van der Waals surface area contributed by atoms with Crippen molar-refractivity contribution in [3.63, 3.8) is 0 Å². The Bertz CT molecular complexity index is 631. The Morgan fingerprint density at radius 3 is 2.53 bits per heavy atom. The van der Waals surface area contributed by atoms with Crippen LogP contribution >= 0.6 is 11.6 Å². The molecule has 1 heterocycles. The fraction of sp³-hybridized carbons (Fsp3) is 0.167. The van der Waals surface area contributed by atoms with Gasteiger partial charge in [-0.1, -0.05) is 29.8 Å². The van der Waals surface area contributed by atoms with Crippen LogP contribution in [-0.4, -0.2) is 10.2 Å². The molecule has 4 nitrogen and oxygen atoms in total. The summed E-state index contributed by atoms with van der Waals surface area (Å²) in [5, 5.41) is 5.69. The van der Waals surface area contributed by atoms with Crippen LogP contribution in [0.15, 0.2) is 39.9 Å². The van der Waals surface area contributed by atoms with Crippen molar-refractivity contribution in [2.75, 3.05) is 0 Å². The lowest BCUT2D eigenvalue weighted by molar-refractivity contribution is 0.838. The maximum Gasteiger partial charge on any atom is 0.310 e. The highest BCUT2D eigenvalue weighted by atomic mass is 35.5. The second kappa shape index (κ2) is 5.01. The van der Waals surface area contributed by atoms with Gasteiger partial charge in [0.25, 0.3) is 0 Å². The Balaban J connectivity index is 2.13. The van der Waals surface area contributed by atoms with E-state index >= 15 is 0 Å². The van der Waals surface area contributed by atoms with E-state index < -0.39 is 11.0 Å². The molecule has 2 N–H and O–H groups in total. The second-order valence-electron chi connectivity index (χ2n) is 3.70. The minimum Gasteiger partial charge on any atom is -0.302 e. The first-order chi connectivity index (χ1) is 8.16. The minimum atomic E-state index is -0.633. The molecule has 5 heteroatoms. The second-order valence-corrected chi connectivity index (χ2v) is 4.11. The van der Waals surface area contributed by atoms with Crippen molar-refractivity contribution in [3.05, 3.63) is 67.2 Å². The van der Waals surface area contributed by atoms with Gasteiger partial charge in [-0.15, -0.1) is 0 Å². The average Bonchev–Trinajstić information content (AvgIpc) is 2.32. The minimum absolute atomic E-state index is 0.530. The van der Waals surface area contributed by atoms with Crippen LogP contribution in [0.3, 0.4) is 0 Å². The van der Waals surface area contributed by atoms with Gasteiger partial charge in [0.2, 0.25) is 5.43 Å². The van der Waals surface area contributed by atoms with E-state index in [1.807, 2.05) is 24.3 Å². The SMILES string of the molecule is O=c1cc(CCc2ccccc2Cl)[nH][nH]c1=O. The molecule has 0 aliphatic rings. The summed E-state index contributed by atoms with van der Waals surface area (Å²) in [5.41, 5.74) is 0.542. The number of hydrogen-bond donors (Lipinski definition) is 2. The normalized spacial score (nSPS) is 10.4. The fourth-order valence-electron chi connectivity index (χ4n) is 1.56. The summed E-state index contributed by atoms with van der Waals surface area (Å²) in [6.07, 6.45) is 1.33. The molecule has 0 fully saturated rings. The number of aromatic amines is 2. The van der Waals surface area contributed by atoms with Gasteiger partial charge in [0.1, 0.15) is 0 Å². The molecule has 88 valence electrons. The Kier molecular flexibility index (Phi) is 3.44. The molecule has 0 spiro atoms. The number of benzene rings is 1. The van der Waals surface area contributed by atoms with E-state index in [1.165, 1.54) is 6.07 Å². The van der Waals surface area contributed by atoms with Crippen molar-refractivity contribution in [1.82, 2.24) is 10.2 Å². The summed E-state index contributed by atoms with van der Waals surface area (Å²) < 4.78 is 0. The molecule has 17 heavy (non-hydrogen) atoms. The van der Waals surface area contributed by atoms with Gasteiger partial charge >= 0.3 is 5.56 Å². The largest absolute Gasteiger partial charge is 0.310 e. The molecule has 0 aliphatic carbocycles. The summed E-state index contributed by atoms with van der Waals surface area (Å²) in [4.78, 5) is 22.0. The summed E-state index contributed by atoms with van der Waals surface area (Å²) in [5.74, 6) is 0. The zero-order valence-corrected chi connectivity index (χ0v) is 9.75. The molecular formula is C12H11ClN2O2. The van der Waals surface area contributed by atoms with Crippen molar-refractivity contribution in [1.29, 1.82) is 0 Å². The monoisotopic (exact) mass is 250 g/mol.